The number of aromatic nitrogens is 3. The zero-order valence-electron chi connectivity index (χ0n) is 18.7. The number of piperidine rings is 1. The highest BCUT2D eigenvalue weighted by Crippen LogP contribution is 2.27. The Morgan fingerprint density at radius 2 is 2.00 bits per heavy atom. The van der Waals surface area contributed by atoms with Crippen molar-refractivity contribution < 1.29 is 9.53 Å². The lowest BCUT2D eigenvalue weighted by Gasteiger charge is -2.28. The highest BCUT2D eigenvalue weighted by molar-refractivity contribution is 6.01. The minimum absolute atomic E-state index is 0.123. The standard InChI is InChI=1S/C24H28N6O3/c1-29-15-26-20-13-19(16-4-6-18(7-5-16)30-9-11-33-12-10-30)27-22(21(20)24(29)32)28-23(31)17-3-2-8-25-14-17/h4-7,13,15,17,25H,2-3,8-12,14H2,1H3,(H,27,28,31). The van der Waals surface area contributed by atoms with E-state index in [1.54, 1.807) is 13.1 Å². The van der Waals surface area contributed by atoms with Crippen LogP contribution in [0.5, 0.6) is 0 Å². The Kier molecular flexibility index (Phi) is 6.06. The lowest BCUT2D eigenvalue weighted by molar-refractivity contribution is -0.120. The monoisotopic (exact) mass is 448 g/mol. The van der Waals surface area contributed by atoms with Gasteiger partial charge in [-0.25, -0.2) is 9.97 Å². The summed E-state index contributed by atoms with van der Waals surface area (Å²) in [6, 6.07) is 9.96. The summed E-state index contributed by atoms with van der Waals surface area (Å²) in [7, 11) is 1.64. The Morgan fingerprint density at radius 3 is 2.73 bits per heavy atom. The highest BCUT2D eigenvalue weighted by atomic mass is 16.5. The molecule has 0 radical (unpaired) electrons. The number of amides is 1. The number of benzene rings is 1. The first-order valence-corrected chi connectivity index (χ1v) is 11.4. The van der Waals surface area contributed by atoms with Gasteiger partial charge in [0.05, 0.1) is 36.7 Å². The minimum Gasteiger partial charge on any atom is -0.378 e. The van der Waals surface area contributed by atoms with E-state index in [2.05, 4.69) is 32.7 Å². The first-order chi connectivity index (χ1) is 16.1. The summed E-state index contributed by atoms with van der Waals surface area (Å²) in [6.45, 7) is 4.75. The molecule has 2 aliphatic rings. The first kappa shape index (κ1) is 21.5. The fourth-order valence-electron chi connectivity index (χ4n) is 4.42. The van der Waals surface area contributed by atoms with Crippen LogP contribution < -0.4 is 21.1 Å². The molecule has 1 amide bonds. The zero-order valence-corrected chi connectivity index (χ0v) is 18.7. The van der Waals surface area contributed by atoms with E-state index in [0.717, 1.165) is 56.9 Å². The number of ether oxygens (including phenoxy) is 1. The maximum atomic E-state index is 12.9. The van der Waals surface area contributed by atoms with E-state index >= 15 is 0 Å². The van der Waals surface area contributed by atoms with E-state index in [-0.39, 0.29) is 23.2 Å². The third-order valence-corrected chi connectivity index (χ3v) is 6.35. The van der Waals surface area contributed by atoms with Crippen molar-refractivity contribution in [2.24, 2.45) is 13.0 Å². The van der Waals surface area contributed by atoms with Gasteiger partial charge in [-0.15, -0.1) is 0 Å². The molecule has 3 aromatic rings. The summed E-state index contributed by atoms with van der Waals surface area (Å²) in [6.07, 6.45) is 3.26. The maximum absolute atomic E-state index is 12.9. The zero-order chi connectivity index (χ0) is 22.8. The van der Waals surface area contributed by atoms with Crippen molar-refractivity contribution in [2.45, 2.75) is 12.8 Å². The molecule has 0 bridgehead atoms. The fraction of sp³-hybridized carbons (Fsp3) is 0.417. The molecular weight excluding hydrogens is 420 g/mol. The molecule has 0 saturated carbocycles. The number of anilines is 2. The molecule has 33 heavy (non-hydrogen) atoms. The van der Waals surface area contributed by atoms with E-state index in [9.17, 15) is 9.59 Å². The van der Waals surface area contributed by atoms with Crippen molar-refractivity contribution in [1.29, 1.82) is 0 Å². The maximum Gasteiger partial charge on any atom is 0.264 e. The summed E-state index contributed by atoms with van der Waals surface area (Å²) in [5.41, 5.74) is 2.96. The van der Waals surface area contributed by atoms with Crippen molar-refractivity contribution in [1.82, 2.24) is 19.9 Å². The van der Waals surface area contributed by atoms with Gasteiger partial charge in [-0.3, -0.25) is 9.59 Å². The Morgan fingerprint density at radius 1 is 1.21 bits per heavy atom. The minimum atomic E-state index is -0.237. The number of morpholine rings is 1. The Bertz CT molecular complexity index is 1210. The largest absolute Gasteiger partial charge is 0.378 e. The molecule has 1 unspecified atom stereocenters. The van der Waals surface area contributed by atoms with Gasteiger partial charge in [-0.2, -0.15) is 0 Å². The van der Waals surface area contributed by atoms with Gasteiger partial charge < -0.3 is 24.8 Å². The fourth-order valence-corrected chi connectivity index (χ4v) is 4.42. The van der Waals surface area contributed by atoms with Crippen LogP contribution in [0.15, 0.2) is 41.5 Å². The summed E-state index contributed by atoms with van der Waals surface area (Å²) in [5, 5.41) is 6.51. The normalized spacial score (nSPS) is 18.9. The lowest BCUT2D eigenvalue weighted by Crippen LogP contribution is -2.37. The molecule has 2 aromatic heterocycles. The number of pyridine rings is 1. The molecule has 0 aliphatic carbocycles. The van der Waals surface area contributed by atoms with E-state index in [4.69, 9.17) is 9.72 Å². The number of carbonyl (C=O) groups is 1. The van der Waals surface area contributed by atoms with Crippen LogP contribution >= 0.6 is 0 Å². The molecule has 2 saturated heterocycles. The van der Waals surface area contributed by atoms with Crippen molar-refractivity contribution in [3.63, 3.8) is 0 Å². The number of hydrogen-bond donors (Lipinski definition) is 2. The van der Waals surface area contributed by atoms with Crippen LogP contribution in [0.1, 0.15) is 12.8 Å². The van der Waals surface area contributed by atoms with Crippen LogP contribution in [0.4, 0.5) is 11.5 Å². The van der Waals surface area contributed by atoms with Crippen LogP contribution in [0.25, 0.3) is 22.2 Å². The number of nitrogens with zero attached hydrogens (tertiary/aromatic N) is 4. The van der Waals surface area contributed by atoms with Crippen LogP contribution in [0.2, 0.25) is 0 Å². The van der Waals surface area contributed by atoms with Gasteiger partial charge in [0.15, 0.2) is 0 Å². The van der Waals surface area contributed by atoms with Crippen molar-refractivity contribution >= 4 is 28.3 Å². The molecule has 2 fully saturated rings. The average Bonchev–Trinajstić information content (AvgIpc) is 2.87. The predicted molar refractivity (Wildman–Crippen MR) is 127 cm³/mol. The molecule has 5 rings (SSSR count). The second-order valence-electron chi connectivity index (χ2n) is 8.59. The van der Waals surface area contributed by atoms with Gasteiger partial charge in [0.1, 0.15) is 11.2 Å². The molecule has 2 aliphatic heterocycles. The number of fused-ring (bicyclic) bond motifs is 1. The summed E-state index contributed by atoms with van der Waals surface area (Å²) in [4.78, 5) is 37.3. The van der Waals surface area contributed by atoms with Gasteiger partial charge in [0.25, 0.3) is 5.56 Å². The van der Waals surface area contributed by atoms with Gasteiger partial charge in [-0.1, -0.05) is 12.1 Å². The average molecular weight is 449 g/mol. The molecule has 1 aromatic carbocycles. The number of aryl methyl sites for hydroxylation is 1. The lowest BCUT2D eigenvalue weighted by atomic mass is 9.99. The van der Waals surface area contributed by atoms with Gasteiger partial charge in [0, 0.05) is 37.9 Å². The van der Waals surface area contributed by atoms with Crippen molar-refractivity contribution in [3.05, 3.63) is 47.0 Å². The van der Waals surface area contributed by atoms with E-state index in [0.29, 0.717) is 23.1 Å². The molecular formula is C24H28N6O3. The number of nitrogens with one attached hydrogen (secondary N) is 2. The molecule has 9 heteroatoms. The topological polar surface area (TPSA) is 101 Å². The number of carbonyl (C=O) groups excluding carboxylic acids is 1. The smallest absolute Gasteiger partial charge is 0.264 e. The summed E-state index contributed by atoms with van der Waals surface area (Å²) < 4.78 is 6.84. The van der Waals surface area contributed by atoms with Gasteiger partial charge in [0.2, 0.25) is 5.91 Å². The van der Waals surface area contributed by atoms with Gasteiger partial charge >= 0.3 is 0 Å². The first-order valence-electron chi connectivity index (χ1n) is 11.4. The Labute approximate surface area is 191 Å². The molecule has 172 valence electrons. The second-order valence-corrected chi connectivity index (χ2v) is 8.59. The quantitative estimate of drug-likeness (QED) is 0.627. The predicted octanol–water partition coefficient (Wildman–Crippen LogP) is 1.77. The van der Waals surface area contributed by atoms with Gasteiger partial charge in [-0.05, 0) is 37.6 Å². The number of hydrogen-bond acceptors (Lipinski definition) is 7. The van der Waals surface area contributed by atoms with Crippen LogP contribution in [0, 0.1) is 5.92 Å². The summed E-state index contributed by atoms with van der Waals surface area (Å²) in [5.74, 6) is -0.00154. The van der Waals surface area contributed by atoms with Crippen LogP contribution in [-0.4, -0.2) is 59.8 Å². The molecule has 9 nitrogen and oxygen atoms in total. The third-order valence-electron chi connectivity index (χ3n) is 6.35. The van der Waals surface area contributed by atoms with E-state index in [1.807, 2.05) is 12.1 Å². The van der Waals surface area contributed by atoms with Crippen molar-refractivity contribution in [3.8, 4) is 11.3 Å². The highest BCUT2D eigenvalue weighted by Gasteiger charge is 2.23. The molecule has 0 spiro atoms. The number of rotatable bonds is 4. The SMILES string of the molecule is Cn1cnc2cc(-c3ccc(N4CCOCC4)cc3)nc(NC(=O)C3CCCNC3)c2c1=O. The Balaban J connectivity index is 1.51. The van der Waals surface area contributed by atoms with Crippen molar-refractivity contribution in [2.75, 3.05) is 49.6 Å². The molecule has 4 heterocycles. The van der Waals surface area contributed by atoms with Crippen LogP contribution in [0.3, 0.4) is 0 Å². The third kappa shape index (κ3) is 4.46. The molecule has 2 N–H and O–H groups in total. The summed E-state index contributed by atoms with van der Waals surface area (Å²) >= 11 is 0. The molecule has 1 atom stereocenters. The van der Waals surface area contributed by atoms with E-state index in [1.165, 1.54) is 10.9 Å². The Hall–Kier alpha value is -3.30. The van der Waals surface area contributed by atoms with E-state index < -0.39 is 0 Å². The second kappa shape index (κ2) is 9.29. The van der Waals surface area contributed by atoms with Crippen LogP contribution in [-0.2, 0) is 16.6 Å².